The number of aryl methyl sites for hydroxylation is 1. The van der Waals surface area contributed by atoms with E-state index >= 15 is 0 Å². The molecule has 0 fully saturated rings. The van der Waals surface area contributed by atoms with E-state index in [4.69, 9.17) is 0 Å². The van der Waals surface area contributed by atoms with Crippen LogP contribution in [0.25, 0.3) is 0 Å². The van der Waals surface area contributed by atoms with Gasteiger partial charge in [-0.15, -0.1) is 10.2 Å². The van der Waals surface area contributed by atoms with Gasteiger partial charge in [0.1, 0.15) is 5.82 Å². The van der Waals surface area contributed by atoms with Crippen molar-refractivity contribution in [1.29, 1.82) is 0 Å². The largest absolute Gasteiger partial charge is 0.325 e. The monoisotopic (exact) mass is 472 g/mol. The Morgan fingerprint density at radius 3 is 2.15 bits per heavy atom. The predicted molar refractivity (Wildman–Crippen MR) is 135 cm³/mol. The second kappa shape index (κ2) is 11.2. The minimum absolute atomic E-state index is 0.178. The van der Waals surface area contributed by atoms with Crippen LogP contribution < -0.4 is 16.0 Å². The lowest BCUT2D eigenvalue weighted by atomic mass is 10.2. The van der Waals surface area contributed by atoms with Gasteiger partial charge >= 0.3 is 6.03 Å². The maximum Gasteiger partial charge on any atom is 0.323 e. The summed E-state index contributed by atoms with van der Waals surface area (Å²) in [5, 5.41) is 17.4. The number of hydrogen-bond donors (Lipinski definition) is 3. The molecule has 0 radical (unpaired) electrons. The molecule has 8 nitrogen and oxygen atoms in total. The summed E-state index contributed by atoms with van der Waals surface area (Å²) in [7, 11) is 0. The molecule has 0 atom stereocenters. The highest BCUT2D eigenvalue weighted by molar-refractivity contribution is 7.99. The Morgan fingerprint density at radius 1 is 0.794 bits per heavy atom. The van der Waals surface area contributed by atoms with E-state index in [9.17, 15) is 9.59 Å². The van der Waals surface area contributed by atoms with Crippen molar-refractivity contribution < 1.29 is 9.59 Å². The molecule has 0 aliphatic rings. The number of nitrogens with zero attached hydrogens (tertiary/aromatic N) is 3. The molecule has 34 heavy (non-hydrogen) atoms. The van der Waals surface area contributed by atoms with E-state index in [1.165, 1.54) is 11.8 Å². The Labute approximate surface area is 201 Å². The molecule has 3 amide bonds. The Bertz CT molecular complexity index is 1260. The van der Waals surface area contributed by atoms with Crippen LogP contribution >= 0.6 is 11.8 Å². The fourth-order valence-electron chi connectivity index (χ4n) is 3.23. The highest BCUT2D eigenvalue weighted by atomic mass is 32.2. The number of benzene rings is 3. The molecule has 0 spiro atoms. The van der Waals surface area contributed by atoms with Crippen LogP contribution in [0.3, 0.4) is 0 Å². The van der Waals surface area contributed by atoms with Crippen LogP contribution in [0.2, 0.25) is 0 Å². The fraction of sp³-hybridized carbons (Fsp3) is 0.120. The third-order valence-corrected chi connectivity index (χ3v) is 5.82. The number of urea groups is 1. The van der Waals surface area contributed by atoms with Gasteiger partial charge in [-0.3, -0.25) is 4.79 Å². The van der Waals surface area contributed by atoms with Crippen LogP contribution in [0.15, 0.2) is 90.1 Å². The maximum absolute atomic E-state index is 12.5. The summed E-state index contributed by atoms with van der Waals surface area (Å²) in [6.07, 6.45) is 0. The molecule has 4 aromatic rings. The molecule has 0 unspecified atom stereocenters. The van der Waals surface area contributed by atoms with Gasteiger partial charge in [0.25, 0.3) is 0 Å². The molecule has 172 valence electrons. The van der Waals surface area contributed by atoms with Crippen molar-refractivity contribution in [2.24, 2.45) is 0 Å². The lowest BCUT2D eigenvalue weighted by Gasteiger charge is -2.10. The highest BCUT2D eigenvalue weighted by Gasteiger charge is 2.13. The van der Waals surface area contributed by atoms with Gasteiger partial charge in [-0.2, -0.15) is 0 Å². The molecule has 0 bridgehead atoms. The van der Waals surface area contributed by atoms with Gasteiger partial charge < -0.3 is 20.5 Å². The number of para-hydroxylation sites is 1. The first-order valence-corrected chi connectivity index (χ1v) is 11.6. The standard InChI is InChI=1S/C25H24N6O2S/c1-18-29-30-25(31(18)16-19-9-4-2-5-10-19)34-17-23(32)26-21-13-8-14-22(15-21)28-24(33)27-20-11-6-3-7-12-20/h2-15H,16-17H2,1H3,(H,26,32)(H2,27,28,33). The number of aromatic nitrogens is 3. The van der Waals surface area contributed by atoms with Crippen molar-refractivity contribution >= 4 is 40.8 Å². The Morgan fingerprint density at radius 2 is 1.41 bits per heavy atom. The SMILES string of the molecule is Cc1nnc(SCC(=O)Nc2cccc(NC(=O)Nc3ccccc3)c2)n1Cc1ccccc1. The zero-order valence-corrected chi connectivity index (χ0v) is 19.4. The van der Waals surface area contributed by atoms with Crippen molar-refractivity contribution in [2.45, 2.75) is 18.6 Å². The first-order valence-electron chi connectivity index (χ1n) is 10.7. The highest BCUT2D eigenvalue weighted by Crippen LogP contribution is 2.20. The van der Waals surface area contributed by atoms with Crippen LogP contribution in [-0.2, 0) is 11.3 Å². The molecule has 3 N–H and O–H groups in total. The number of carbonyl (C=O) groups is 2. The summed E-state index contributed by atoms with van der Waals surface area (Å²) in [6, 6.07) is 25.8. The summed E-state index contributed by atoms with van der Waals surface area (Å²) in [5.41, 5.74) is 2.98. The number of hydrogen-bond acceptors (Lipinski definition) is 5. The van der Waals surface area contributed by atoms with Gasteiger partial charge in [0, 0.05) is 17.1 Å². The molecular weight excluding hydrogens is 448 g/mol. The number of amides is 3. The molecule has 3 aromatic carbocycles. The zero-order valence-electron chi connectivity index (χ0n) is 18.6. The van der Waals surface area contributed by atoms with Crippen molar-refractivity contribution in [3.8, 4) is 0 Å². The molecule has 0 aliphatic heterocycles. The Hall–Kier alpha value is -4.11. The Balaban J connectivity index is 1.31. The van der Waals surface area contributed by atoms with Gasteiger partial charge in [0.2, 0.25) is 5.91 Å². The summed E-state index contributed by atoms with van der Waals surface area (Å²) < 4.78 is 1.99. The van der Waals surface area contributed by atoms with Crippen molar-refractivity contribution in [3.63, 3.8) is 0 Å². The quantitative estimate of drug-likeness (QED) is 0.313. The zero-order chi connectivity index (χ0) is 23.8. The van der Waals surface area contributed by atoms with E-state index in [2.05, 4.69) is 26.1 Å². The third-order valence-electron chi connectivity index (χ3n) is 4.85. The minimum atomic E-state index is -0.363. The average molecular weight is 473 g/mol. The summed E-state index contributed by atoms with van der Waals surface area (Å²) >= 11 is 1.33. The summed E-state index contributed by atoms with van der Waals surface area (Å²) in [6.45, 7) is 2.54. The number of nitrogens with one attached hydrogen (secondary N) is 3. The van der Waals surface area contributed by atoms with E-state index in [0.29, 0.717) is 28.8 Å². The summed E-state index contributed by atoms with van der Waals surface area (Å²) in [5.74, 6) is 0.793. The normalized spacial score (nSPS) is 10.5. The molecular formula is C25H24N6O2S. The molecule has 0 saturated carbocycles. The van der Waals surface area contributed by atoms with Crippen LogP contribution in [-0.4, -0.2) is 32.5 Å². The third kappa shape index (κ3) is 6.46. The Kier molecular flexibility index (Phi) is 7.56. The molecule has 1 heterocycles. The van der Waals surface area contributed by atoms with Crippen molar-refractivity contribution in [3.05, 3.63) is 96.3 Å². The van der Waals surface area contributed by atoms with E-state index in [1.807, 2.05) is 60.0 Å². The van der Waals surface area contributed by atoms with Gasteiger partial charge in [-0.1, -0.05) is 66.4 Å². The molecule has 1 aromatic heterocycles. The second-order valence-corrected chi connectivity index (χ2v) is 8.41. The van der Waals surface area contributed by atoms with Gasteiger partial charge in [-0.05, 0) is 42.8 Å². The van der Waals surface area contributed by atoms with Crippen molar-refractivity contribution in [2.75, 3.05) is 21.7 Å². The number of carbonyl (C=O) groups excluding carboxylic acids is 2. The minimum Gasteiger partial charge on any atom is -0.325 e. The maximum atomic E-state index is 12.5. The summed E-state index contributed by atoms with van der Waals surface area (Å²) in [4.78, 5) is 24.8. The topological polar surface area (TPSA) is 101 Å². The van der Waals surface area contributed by atoms with E-state index < -0.39 is 0 Å². The van der Waals surface area contributed by atoms with E-state index in [0.717, 1.165) is 11.4 Å². The van der Waals surface area contributed by atoms with Crippen molar-refractivity contribution in [1.82, 2.24) is 14.8 Å². The van der Waals surface area contributed by atoms with E-state index in [1.54, 1.807) is 36.4 Å². The van der Waals surface area contributed by atoms with E-state index in [-0.39, 0.29) is 17.7 Å². The lowest BCUT2D eigenvalue weighted by molar-refractivity contribution is -0.113. The van der Waals surface area contributed by atoms with Gasteiger partial charge in [-0.25, -0.2) is 4.79 Å². The first-order chi connectivity index (χ1) is 16.6. The van der Waals surface area contributed by atoms with Gasteiger partial charge in [0.05, 0.1) is 12.3 Å². The second-order valence-electron chi connectivity index (χ2n) is 7.46. The van der Waals surface area contributed by atoms with Crippen LogP contribution in [0.5, 0.6) is 0 Å². The van der Waals surface area contributed by atoms with Crippen LogP contribution in [0.4, 0.5) is 21.9 Å². The number of thioether (sulfide) groups is 1. The van der Waals surface area contributed by atoms with Crippen LogP contribution in [0, 0.1) is 6.92 Å². The molecule has 4 rings (SSSR count). The smallest absolute Gasteiger partial charge is 0.323 e. The van der Waals surface area contributed by atoms with Crippen LogP contribution in [0.1, 0.15) is 11.4 Å². The average Bonchev–Trinajstić information content (AvgIpc) is 3.18. The number of anilines is 3. The number of rotatable bonds is 8. The lowest BCUT2D eigenvalue weighted by Crippen LogP contribution is -2.19. The molecule has 0 aliphatic carbocycles. The first kappa shape index (κ1) is 23.1. The fourth-order valence-corrected chi connectivity index (χ4v) is 4.02. The van der Waals surface area contributed by atoms with Gasteiger partial charge in [0.15, 0.2) is 5.16 Å². The predicted octanol–water partition coefficient (Wildman–Crippen LogP) is 5.01. The molecule has 0 saturated heterocycles. The molecule has 9 heteroatoms.